The molecule has 5 nitrogen and oxygen atoms in total. The van der Waals surface area contributed by atoms with E-state index in [1.54, 1.807) is 29.6 Å². The Hall–Kier alpha value is -1.48. The highest BCUT2D eigenvalue weighted by molar-refractivity contribution is 9.10. The third kappa shape index (κ3) is 4.74. The Morgan fingerprint density at radius 2 is 2.13 bits per heavy atom. The molecule has 122 valence electrons. The second-order valence-corrected chi connectivity index (χ2v) is 8.60. The zero-order chi connectivity index (χ0) is 16.9. The molecule has 2 aromatic rings. The number of thiophene rings is 1. The minimum Gasteiger partial charge on any atom is -0.325 e. The van der Waals surface area contributed by atoms with Crippen molar-refractivity contribution in [2.24, 2.45) is 0 Å². The molecule has 0 saturated heterocycles. The van der Waals surface area contributed by atoms with Crippen LogP contribution in [0.15, 0.2) is 63.1 Å². The van der Waals surface area contributed by atoms with Gasteiger partial charge in [0.2, 0.25) is 5.91 Å². The largest absolute Gasteiger partial charge is 0.325 e. The maximum atomic E-state index is 12.5. The molecule has 8 heteroatoms. The first-order valence-corrected chi connectivity index (χ1v) is 9.74. The molecule has 2 rings (SSSR count). The zero-order valence-electron chi connectivity index (χ0n) is 12.1. The van der Waals surface area contributed by atoms with E-state index in [1.807, 2.05) is 6.07 Å². The fraction of sp³-hybridized carbons (Fsp3) is 0.133. The van der Waals surface area contributed by atoms with Gasteiger partial charge in [-0.05, 0) is 29.6 Å². The highest BCUT2D eigenvalue weighted by atomic mass is 79.9. The molecule has 0 aliphatic rings. The number of nitrogens with zero attached hydrogens (tertiary/aromatic N) is 1. The van der Waals surface area contributed by atoms with Crippen molar-refractivity contribution in [3.63, 3.8) is 0 Å². The molecule has 23 heavy (non-hydrogen) atoms. The van der Waals surface area contributed by atoms with Crippen LogP contribution in [0.25, 0.3) is 0 Å². The summed E-state index contributed by atoms with van der Waals surface area (Å²) in [5.41, 5.74) is 0.594. The molecule has 0 aliphatic carbocycles. The molecule has 0 radical (unpaired) electrons. The van der Waals surface area contributed by atoms with E-state index in [0.29, 0.717) is 5.69 Å². The van der Waals surface area contributed by atoms with E-state index < -0.39 is 15.9 Å². The molecule has 0 saturated carbocycles. The van der Waals surface area contributed by atoms with Crippen molar-refractivity contribution >= 4 is 48.9 Å². The van der Waals surface area contributed by atoms with Crippen LogP contribution in [-0.4, -0.2) is 31.7 Å². The van der Waals surface area contributed by atoms with Gasteiger partial charge in [-0.3, -0.25) is 4.79 Å². The second-order valence-electron chi connectivity index (χ2n) is 4.58. The standard InChI is InChI=1S/C15H15BrN2O3S2/c1-2-8-18(23(20,21)15-7-4-9-22-15)11-14(19)17-13-6-3-5-12(16)10-13/h2-7,9-10H,1,8,11H2,(H,17,19). The Morgan fingerprint density at radius 3 is 2.74 bits per heavy atom. The number of anilines is 1. The summed E-state index contributed by atoms with van der Waals surface area (Å²) in [6.45, 7) is 3.34. The number of sulfonamides is 1. The van der Waals surface area contributed by atoms with Crippen LogP contribution in [-0.2, 0) is 14.8 Å². The van der Waals surface area contributed by atoms with Gasteiger partial charge in [0.05, 0.1) is 6.54 Å². The maximum Gasteiger partial charge on any atom is 0.253 e. The Balaban J connectivity index is 2.13. The van der Waals surface area contributed by atoms with E-state index >= 15 is 0 Å². The van der Waals surface area contributed by atoms with Crippen LogP contribution in [0.5, 0.6) is 0 Å². The van der Waals surface area contributed by atoms with Gasteiger partial charge in [0, 0.05) is 16.7 Å². The fourth-order valence-corrected chi connectivity index (χ4v) is 4.77. The average molecular weight is 415 g/mol. The average Bonchev–Trinajstić information content (AvgIpc) is 3.01. The molecule has 0 fully saturated rings. The smallest absolute Gasteiger partial charge is 0.253 e. The lowest BCUT2D eigenvalue weighted by Gasteiger charge is -2.19. The molecule has 0 spiro atoms. The van der Waals surface area contributed by atoms with Gasteiger partial charge < -0.3 is 5.32 Å². The van der Waals surface area contributed by atoms with Crippen molar-refractivity contribution in [1.82, 2.24) is 4.31 Å². The lowest BCUT2D eigenvalue weighted by Crippen LogP contribution is -2.37. The highest BCUT2D eigenvalue weighted by Crippen LogP contribution is 2.21. The van der Waals surface area contributed by atoms with Gasteiger partial charge in [0.15, 0.2) is 0 Å². The molecule has 1 heterocycles. The maximum absolute atomic E-state index is 12.5. The van der Waals surface area contributed by atoms with Gasteiger partial charge >= 0.3 is 0 Å². The number of hydrogen-bond donors (Lipinski definition) is 1. The molecular weight excluding hydrogens is 400 g/mol. The van der Waals surface area contributed by atoms with Crippen LogP contribution in [0.1, 0.15) is 0 Å². The number of halogens is 1. The lowest BCUT2D eigenvalue weighted by atomic mass is 10.3. The minimum absolute atomic E-state index is 0.0616. The molecule has 0 bridgehead atoms. The van der Waals surface area contributed by atoms with E-state index in [0.717, 1.165) is 20.1 Å². The summed E-state index contributed by atoms with van der Waals surface area (Å²) in [6.07, 6.45) is 1.46. The summed E-state index contributed by atoms with van der Waals surface area (Å²) < 4.78 is 27.2. The zero-order valence-corrected chi connectivity index (χ0v) is 15.3. The third-order valence-corrected chi connectivity index (χ3v) is 6.53. The Bertz CT molecular complexity index is 789. The van der Waals surface area contributed by atoms with Crippen molar-refractivity contribution in [3.05, 3.63) is 58.9 Å². The van der Waals surface area contributed by atoms with E-state index in [2.05, 4.69) is 27.8 Å². The van der Waals surface area contributed by atoms with Gasteiger partial charge in [-0.1, -0.05) is 34.1 Å². The summed E-state index contributed by atoms with van der Waals surface area (Å²) in [7, 11) is -3.70. The van der Waals surface area contributed by atoms with Crippen molar-refractivity contribution in [1.29, 1.82) is 0 Å². The predicted molar refractivity (Wildman–Crippen MR) is 96.0 cm³/mol. The SMILES string of the molecule is C=CCN(CC(=O)Nc1cccc(Br)c1)S(=O)(=O)c1cccs1. The summed E-state index contributed by atoms with van der Waals surface area (Å²) >= 11 is 4.43. The fourth-order valence-electron chi connectivity index (χ4n) is 1.86. The number of amides is 1. The summed E-state index contributed by atoms with van der Waals surface area (Å²) in [5.74, 6) is -0.412. The van der Waals surface area contributed by atoms with Crippen LogP contribution in [0.2, 0.25) is 0 Å². The lowest BCUT2D eigenvalue weighted by molar-refractivity contribution is -0.116. The molecule has 0 unspecified atom stereocenters. The van der Waals surface area contributed by atoms with Gasteiger partial charge in [-0.2, -0.15) is 4.31 Å². The van der Waals surface area contributed by atoms with E-state index in [1.165, 1.54) is 12.1 Å². The first-order valence-electron chi connectivity index (χ1n) is 6.63. The second kappa shape index (κ2) is 7.87. The molecule has 1 aromatic heterocycles. The number of hydrogen-bond acceptors (Lipinski definition) is 4. The third-order valence-electron chi connectivity index (χ3n) is 2.85. The van der Waals surface area contributed by atoms with E-state index in [9.17, 15) is 13.2 Å². The van der Waals surface area contributed by atoms with E-state index in [4.69, 9.17) is 0 Å². The minimum atomic E-state index is -3.70. The number of carbonyl (C=O) groups excluding carboxylic acids is 1. The van der Waals surface area contributed by atoms with Crippen molar-refractivity contribution in [2.45, 2.75) is 4.21 Å². The van der Waals surface area contributed by atoms with Gasteiger partial charge in [0.25, 0.3) is 10.0 Å². The number of nitrogens with one attached hydrogen (secondary N) is 1. The van der Waals surface area contributed by atoms with Crippen LogP contribution in [0.3, 0.4) is 0 Å². The Kier molecular flexibility index (Phi) is 6.11. The van der Waals surface area contributed by atoms with Gasteiger partial charge in [-0.15, -0.1) is 17.9 Å². The number of benzene rings is 1. The monoisotopic (exact) mass is 414 g/mol. The van der Waals surface area contributed by atoms with Gasteiger partial charge in [0.1, 0.15) is 4.21 Å². The van der Waals surface area contributed by atoms with Crippen LogP contribution in [0, 0.1) is 0 Å². The van der Waals surface area contributed by atoms with Crippen molar-refractivity contribution < 1.29 is 13.2 Å². The number of rotatable bonds is 7. The predicted octanol–water partition coefficient (Wildman–Crippen LogP) is 3.33. The summed E-state index contributed by atoms with van der Waals surface area (Å²) in [6, 6.07) is 10.3. The first kappa shape index (κ1) is 17.9. The summed E-state index contributed by atoms with van der Waals surface area (Å²) in [4.78, 5) is 12.2. The van der Waals surface area contributed by atoms with Crippen LogP contribution < -0.4 is 5.32 Å². The quantitative estimate of drug-likeness (QED) is 0.706. The van der Waals surface area contributed by atoms with Crippen molar-refractivity contribution in [2.75, 3.05) is 18.4 Å². The first-order chi connectivity index (χ1) is 10.9. The van der Waals surface area contributed by atoms with Crippen LogP contribution in [0.4, 0.5) is 5.69 Å². The molecule has 0 atom stereocenters. The molecule has 1 aromatic carbocycles. The molecule has 1 amide bonds. The normalized spacial score (nSPS) is 11.4. The van der Waals surface area contributed by atoms with Gasteiger partial charge in [-0.25, -0.2) is 8.42 Å². The Labute approximate surface area is 147 Å². The molecular formula is C15H15BrN2O3S2. The molecule has 0 aliphatic heterocycles. The van der Waals surface area contributed by atoms with Crippen molar-refractivity contribution in [3.8, 4) is 0 Å². The molecule has 1 N–H and O–H groups in total. The summed E-state index contributed by atoms with van der Waals surface area (Å²) in [5, 5.41) is 4.36. The topological polar surface area (TPSA) is 66.5 Å². The van der Waals surface area contributed by atoms with E-state index in [-0.39, 0.29) is 17.3 Å². The Morgan fingerprint density at radius 1 is 1.35 bits per heavy atom. The highest BCUT2D eigenvalue weighted by Gasteiger charge is 2.26. The van der Waals surface area contributed by atoms with Crippen LogP contribution >= 0.6 is 27.3 Å². The number of carbonyl (C=O) groups is 1.